The van der Waals surface area contributed by atoms with Crippen molar-refractivity contribution in [3.8, 4) is 17.6 Å². The number of phenols is 1. The second kappa shape index (κ2) is 80.9. The van der Waals surface area contributed by atoms with E-state index in [1.54, 1.807) is 81.9 Å². The van der Waals surface area contributed by atoms with Crippen molar-refractivity contribution in [3.63, 3.8) is 0 Å². The molecule has 4 amide bonds. The molecule has 0 aromatic heterocycles. The number of hydrogen-bond donors (Lipinski definition) is 13. The third-order valence-corrected chi connectivity index (χ3v) is 22.1. The minimum absolute atomic E-state index is 0.0330. The number of aliphatic hydroxyl groups is 6. The van der Waals surface area contributed by atoms with Crippen LogP contribution in [-0.2, 0) is 51.1 Å². The van der Waals surface area contributed by atoms with E-state index in [9.17, 15) is 112 Å². The summed E-state index contributed by atoms with van der Waals surface area (Å²) in [7, 11) is 0. The normalized spacial score (nSPS) is 14.2. The van der Waals surface area contributed by atoms with Gasteiger partial charge in [0.25, 0.3) is 0 Å². The van der Waals surface area contributed by atoms with Gasteiger partial charge in [0.2, 0.25) is 0 Å². The van der Waals surface area contributed by atoms with E-state index >= 15 is 0 Å². The molecule has 6 atom stereocenters. The topological polar surface area (TPSA) is 430 Å². The number of carbonyl (C=O) groups is 6. The van der Waals surface area contributed by atoms with Crippen LogP contribution in [0.5, 0.6) is 11.5 Å². The van der Waals surface area contributed by atoms with E-state index in [-0.39, 0.29) is 75.2 Å². The molecule has 4 aliphatic rings. The molecule has 819 valence electrons. The monoisotopic (exact) mass is 2230 g/mol. The summed E-state index contributed by atoms with van der Waals surface area (Å²) < 4.78 is 175. The van der Waals surface area contributed by atoms with Crippen molar-refractivity contribution < 1.29 is 154 Å². The van der Waals surface area contributed by atoms with Gasteiger partial charge in [-0.15, -0.1) is 23.2 Å². The number of nitriles is 1. The molecule has 2 aliphatic heterocycles. The van der Waals surface area contributed by atoms with Gasteiger partial charge >= 0.3 is 70.8 Å². The number of aldehydes is 1. The molecule has 8 aromatic carbocycles. The van der Waals surface area contributed by atoms with Crippen LogP contribution in [-0.4, -0.2) is 179 Å². The molecular weight excluding hydrogens is 2090 g/mol. The van der Waals surface area contributed by atoms with E-state index in [0.29, 0.717) is 54.1 Å². The molecule has 2 heterocycles. The number of phenolic OH excluding ortho intramolecular Hbond substituents is 1. The number of rotatable bonds is 29. The second-order valence-electron chi connectivity index (χ2n) is 33.7. The van der Waals surface area contributed by atoms with Crippen LogP contribution in [0.4, 0.5) is 52.7 Å². The Morgan fingerprint density at radius 3 is 1.08 bits per heavy atom. The minimum atomic E-state index is -4.92. The van der Waals surface area contributed by atoms with Crippen LogP contribution in [0.2, 0.25) is 0 Å². The van der Waals surface area contributed by atoms with Crippen molar-refractivity contribution in [2.45, 2.75) is 231 Å². The van der Waals surface area contributed by atoms with Crippen LogP contribution in [0.1, 0.15) is 253 Å². The van der Waals surface area contributed by atoms with E-state index in [1.165, 1.54) is 119 Å². The van der Waals surface area contributed by atoms with Gasteiger partial charge in [-0.1, -0.05) is 246 Å². The first-order valence-electron chi connectivity index (χ1n) is 47.5. The fourth-order valence-electron chi connectivity index (χ4n) is 13.5. The van der Waals surface area contributed by atoms with Crippen molar-refractivity contribution >= 4 is 74.8 Å². The number of aromatic hydroxyl groups is 1. The van der Waals surface area contributed by atoms with E-state index in [0.717, 1.165) is 101 Å². The molecule has 0 radical (unpaired) electrons. The number of Topliss-reactive ketones (excluding diaryl/α,β-unsaturated/α-hetero) is 1. The summed E-state index contributed by atoms with van der Waals surface area (Å²) in [6.45, 7) is 14.2. The van der Waals surface area contributed by atoms with E-state index in [2.05, 4.69) is 15.9 Å². The average Bonchev–Trinajstić information content (AvgIpc) is 1.16. The Bertz CT molecular complexity index is 4780. The Kier molecular flexibility index (Phi) is 75.4. The molecular formula is C106H140BrCl2F12MnN7O18. The fraction of sp³-hybridized carbons (Fsp3) is 0.481. The molecule has 2 aliphatic carbocycles. The number of halogens is 15. The Labute approximate surface area is 877 Å². The van der Waals surface area contributed by atoms with Crippen molar-refractivity contribution in [1.82, 2.24) is 21.3 Å². The summed E-state index contributed by atoms with van der Waals surface area (Å²) in [5.41, 5.74) is 21.2. The first-order valence-corrected chi connectivity index (χ1v) is 50.7. The summed E-state index contributed by atoms with van der Waals surface area (Å²) in [5.74, 6) is -5.83. The van der Waals surface area contributed by atoms with Crippen molar-refractivity contribution in [1.29, 1.82) is 5.26 Å². The zero-order valence-corrected chi connectivity index (χ0v) is 87.3. The van der Waals surface area contributed by atoms with Gasteiger partial charge in [-0.25, -0.2) is 0 Å². The first-order chi connectivity index (χ1) is 69.7. The van der Waals surface area contributed by atoms with Crippen molar-refractivity contribution in [2.75, 3.05) is 83.0 Å². The number of benzene rings is 8. The predicted octanol–water partition coefficient (Wildman–Crippen LogP) is 21.5. The van der Waals surface area contributed by atoms with Crippen LogP contribution >= 0.6 is 39.1 Å². The summed E-state index contributed by atoms with van der Waals surface area (Å²) in [5, 5.41) is 83.5. The predicted molar refractivity (Wildman–Crippen MR) is 539 cm³/mol. The third-order valence-electron chi connectivity index (χ3n) is 21.2. The maximum absolute atomic E-state index is 11.9. The summed E-state index contributed by atoms with van der Waals surface area (Å²) in [6.07, 6.45) is -2.83. The molecule has 147 heavy (non-hydrogen) atoms. The van der Waals surface area contributed by atoms with Crippen LogP contribution in [0.25, 0.3) is 0 Å². The Morgan fingerprint density at radius 2 is 0.755 bits per heavy atom. The summed E-state index contributed by atoms with van der Waals surface area (Å²) >= 11 is 11.6. The molecule has 25 nitrogen and oxygen atoms in total. The van der Waals surface area contributed by atoms with E-state index < -0.39 is 99.8 Å². The number of nitrogens with zero attached hydrogens (tertiary/aromatic N) is 1. The molecule has 2 saturated carbocycles. The van der Waals surface area contributed by atoms with Gasteiger partial charge in [-0.05, 0) is 213 Å². The quantitative estimate of drug-likeness (QED) is 0.00681. The number of ketones is 1. The van der Waals surface area contributed by atoms with Crippen LogP contribution in [0, 0.1) is 57.8 Å². The summed E-state index contributed by atoms with van der Waals surface area (Å²) in [4.78, 5) is 63.8. The number of hydrogen-bond acceptors (Lipinski definition) is 21. The summed E-state index contributed by atoms with van der Waals surface area (Å²) in [6, 6.07) is 60.8. The number of aryl methyl sites for hydroxylation is 5. The Balaban J connectivity index is 0.00000161. The molecule has 0 spiro atoms. The number of carbonyl (C=O) groups excluding carboxylic acids is 6. The van der Waals surface area contributed by atoms with Crippen molar-refractivity contribution in [3.05, 3.63) is 273 Å². The standard InChI is InChI=1S/C16H25NO2.2C12H14F3NO2.C12H12F3NO2.C11H12F3NO3.C10H11NO.C9H13NO.C8H8O.C7H13Br.2C4H8O.CH2Cl2.Mn.2O/c17-10-9-16(18)14-7-4-8-15(11-14)19-12-13-5-2-1-3-6-13;3*1-8-3-2-4-9(7-8)10(17)5-6-16-11(18)12(13,14)15;12-11(13,14)10(18)15-5-4-9(17)7-2-1-3-8(16)6-7;1-8-3-2-4-9(7-8)10(12)5-6-11;10-7-6-9(11)8-4-2-1-3-5-8;1-7-3-2-4-8(5-7)6-9;8-6-7-4-2-1-3-5-7;2*1-2-4-5-3-1;2-1-3;;;/h4,7-8,11,13,16,18H,1-3,5-6,9-10,12,17H2;2*2-4,7,10,17H,5-6H2,1H3,(H,16,18);2-4,7H,5-6H2,1H3,(H,16,18);1-3,6,9,16-17H,4-5H2,(H,15,18);2-4,7,10,12H,5H2,1H3;1-5,9,11H,6-7,10H2;2-6H,1H3;7H,1-6H2;2*1-4H2;1H2;;;/t16-;10-;;;9-;;9-;;;;;;;;/m11..1.1......../s1. The van der Waals surface area contributed by atoms with Gasteiger partial charge in [0.05, 0.1) is 61.1 Å². The maximum atomic E-state index is 11.9. The van der Waals surface area contributed by atoms with E-state index in [4.69, 9.17) is 66.9 Å². The van der Waals surface area contributed by atoms with E-state index in [1.807, 2.05) is 156 Å². The molecule has 15 N–H and O–H groups in total. The zero-order valence-electron chi connectivity index (χ0n) is 83.1. The fourth-order valence-corrected chi connectivity index (χ4v) is 14.1. The van der Waals surface area contributed by atoms with Gasteiger partial charge < -0.3 is 82.7 Å². The van der Waals surface area contributed by atoms with Gasteiger partial charge in [-0.2, -0.15) is 57.9 Å². The second-order valence-corrected chi connectivity index (χ2v) is 35.3. The van der Waals surface area contributed by atoms with Gasteiger partial charge in [0.15, 0.2) is 5.78 Å². The first kappa shape index (κ1) is 137. The van der Waals surface area contributed by atoms with Crippen LogP contribution in [0.15, 0.2) is 200 Å². The number of amides is 4. The van der Waals surface area contributed by atoms with Crippen LogP contribution < -0.4 is 37.5 Å². The number of ether oxygens (including phenoxy) is 3. The number of aliphatic hydroxyl groups excluding tert-OH is 6. The average molecular weight is 2230 g/mol. The van der Waals surface area contributed by atoms with Gasteiger partial charge in [-0.3, -0.25) is 28.8 Å². The van der Waals surface area contributed by atoms with Crippen LogP contribution in [0.3, 0.4) is 0 Å². The molecule has 41 heteroatoms. The van der Waals surface area contributed by atoms with Crippen molar-refractivity contribution in [2.24, 2.45) is 23.3 Å². The number of alkyl halides is 15. The zero-order chi connectivity index (χ0) is 111. The number of nitrogens with one attached hydrogen (secondary N) is 4. The molecule has 12 rings (SSSR count). The molecule has 2 unspecified atom stereocenters. The third kappa shape index (κ3) is 69.1. The molecule has 0 bridgehead atoms. The SMILES string of the molecule is BrCC1CCCCC1.C1CCOC1.C1CCOC1.Cc1cccc(C(=O)CCNC(=O)C(F)(F)F)c1.Cc1cccc(C(O)CC#N)c1.Cc1cccc(C(O)CCNC(=O)C(F)(F)F)c1.Cc1cccc(C=O)c1.Cc1cccc([C@H](O)CCNC(=O)C(F)(F)F)c1.ClCCl.NCC[C@@H](O)c1cccc(OCC2CCCCC2)c1.NCC[C@@H](O)c1ccccc1.O=C(NCC[C@@H](O)c1cccc(O)c1)C(F)(F)F.[O]=[Mn]=[O]. The van der Waals surface area contributed by atoms with Gasteiger partial charge in [0, 0.05) is 75.5 Å². The number of nitrogens with two attached hydrogens (primary N) is 2. The molecule has 8 aromatic rings. The molecule has 2 saturated heterocycles. The van der Waals surface area contributed by atoms with Gasteiger partial charge in [0.1, 0.15) is 17.8 Å². The Morgan fingerprint density at radius 1 is 0.435 bits per heavy atom. The Hall–Kier alpha value is -9.99. The molecule has 4 fully saturated rings.